The number of carbonyl (C=O) groups is 3. The second kappa shape index (κ2) is 10.3. The molecule has 1 fully saturated rings. The number of amides is 3. The number of pyridine rings is 1. The van der Waals surface area contributed by atoms with E-state index in [2.05, 4.69) is 5.32 Å². The van der Waals surface area contributed by atoms with E-state index in [-0.39, 0.29) is 58.7 Å². The summed E-state index contributed by atoms with van der Waals surface area (Å²) in [6, 6.07) is 13.0. The van der Waals surface area contributed by atoms with Gasteiger partial charge in [-0.05, 0) is 31.4 Å². The average Bonchev–Trinajstić information content (AvgIpc) is 3.54. The van der Waals surface area contributed by atoms with E-state index in [1.54, 1.807) is 20.4 Å². The Hall–Kier alpha value is -4.18. The quantitative estimate of drug-likeness (QED) is 0.481. The van der Waals surface area contributed by atoms with Crippen LogP contribution in [0.1, 0.15) is 64.0 Å². The summed E-state index contributed by atoms with van der Waals surface area (Å²) in [4.78, 5) is 57.5. The molecule has 3 atom stereocenters. The fourth-order valence-electron chi connectivity index (χ4n) is 6.31. The maximum absolute atomic E-state index is 14.5. The summed E-state index contributed by atoms with van der Waals surface area (Å²) in [5, 5.41) is 2.57. The molecular weight excluding hydrogens is 551 g/mol. The van der Waals surface area contributed by atoms with Crippen molar-refractivity contribution in [1.29, 1.82) is 0 Å². The molecule has 1 N–H and O–H groups in total. The summed E-state index contributed by atoms with van der Waals surface area (Å²) >= 11 is 5.89. The molecule has 212 valence electrons. The van der Waals surface area contributed by atoms with Gasteiger partial charge in [0.1, 0.15) is 24.2 Å². The van der Waals surface area contributed by atoms with Crippen molar-refractivity contribution in [3.8, 4) is 5.75 Å². The summed E-state index contributed by atoms with van der Waals surface area (Å²) in [7, 11) is 0. The molecule has 3 aromatic rings. The lowest BCUT2D eigenvalue weighted by Crippen LogP contribution is -2.54. The Morgan fingerprint density at radius 2 is 1.88 bits per heavy atom. The summed E-state index contributed by atoms with van der Waals surface area (Å²) in [5.41, 5.74) is 0.595. The molecular formula is C30H28ClFN4O5. The van der Waals surface area contributed by atoms with Crippen LogP contribution in [-0.4, -0.2) is 50.8 Å². The second-order valence-electron chi connectivity index (χ2n) is 10.6. The predicted molar refractivity (Wildman–Crippen MR) is 148 cm³/mol. The first-order valence-corrected chi connectivity index (χ1v) is 13.9. The van der Waals surface area contributed by atoms with Crippen LogP contribution in [0, 0.1) is 5.82 Å². The molecule has 3 amide bonds. The average molecular weight is 579 g/mol. The number of nitrogens with zero attached hydrogens (tertiary/aromatic N) is 3. The Kier molecular flexibility index (Phi) is 6.81. The van der Waals surface area contributed by atoms with Gasteiger partial charge in [0.05, 0.1) is 11.1 Å². The normalized spacial score (nSPS) is 20.6. The molecule has 4 heterocycles. The summed E-state index contributed by atoms with van der Waals surface area (Å²) in [6.07, 6.45) is 0.324. The Morgan fingerprint density at radius 3 is 2.61 bits per heavy atom. The van der Waals surface area contributed by atoms with Gasteiger partial charge in [-0.3, -0.25) is 19.2 Å². The van der Waals surface area contributed by atoms with Crippen molar-refractivity contribution in [2.45, 2.75) is 58.1 Å². The number of rotatable bonds is 6. The maximum Gasteiger partial charge on any atom is 0.276 e. The molecule has 0 spiro atoms. The minimum absolute atomic E-state index is 0.00765. The summed E-state index contributed by atoms with van der Waals surface area (Å²) in [6.45, 7) is 3.53. The zero-order valence-corrected chi connectivity index (χ0v) is 23.3. The minimum Gasteiger partial charge on any atom is -0.483 e. The van der Waals surface area contributed by atoms with Gasteiger partial charge in [-0.15, -0.1) is 0 Å². The van der Waals surface area contributed by atoms with Crippen molar-refractivity contribution in [3.63, 3.8) is 0 Å². The van der Waals surface area contributed by atoms with E-state index in [0.717, 1.165) is 5.56 Å². The number of fused-ring (bicyclic) bond motifs is 2. The third-order valence-electron chi connectivity index (χ3n) is 8.13. The van der Waals surface area contributed by atoms with Gasteiger partial charge >= 0.3 is 0 Å². The van der Waals surface area contributed by atoms with Crippen molar-refractivity contribution in [2.24, 2.45) is 0 Å². The van der Waals surface area contributed by atoms with Gasteiger partial charge in [-0.1, -0.05) is 54.1 Å². The van der Waals surface area contributed by atoms with Gasteiger partial charge in [0.25, 0.3) is 11.8 Å². The molecule has 9 nitrogen and oxygen atoms in total. The van der Waals surface area contributed by atoms with Crippen LogP contribution in [0.2, 0.25) is 5.02 Å². The minimum atomic E-state index is -0.706. The highest BCUT2D eigenvalue weighted by Crippen LogP contribution is 2.44. The smallest absolute Gasteiger partial charge is 0.276 e. The van der Waals surface area contributed by atoms with Crippen molar-refractivity contribution in [3.05, 3.63) is 97.7 Å². The number of nitrogens with one attached hydrogen (secondary N) is 1. The first-order chi connectivity index (χ1) is 19.7. The first kappa shape index (κ1) is 27.0. The van der Waals surface area contributed by atoms with E-state index < -0.39 is 29.2 Å². The molecule has 1 aromatic heterocycles. The Labute approximate surface area is 240 Å². The SMILES string of the molecule is CC(=O)N1C[C@H](C)N2C(=O)c3c(OCc4ccccc4)c(=O)c(C(=O)NCc4cccc(Cl)c4F)c4n3C(CC4)C12. The fraction of sp³-hybridized carbons (Fsp3) is 0.333. The van der Waals surface area contributed by atoms with E-state index in [1.165, 1.54) is 19.1 Å². The molecule has 2 aromatic carbocycles. The van der Waals surface area contributed by atoms with Crippen molar-refractivity contribution >= 4 is 29.3 Å². The highest BCUT2D eigenvalue weighted by atomic mass is 35.5. The lowest BCUT2D eigenvalue weighted by atomic mass is 10.0. The van der Waals surface area contributed by atoms with E-state index in [0.29, 0.717) is 25.1 Å². The Balaban J connectivity index is 1.46. The lowest BCUT2D eigenvalue weighted by Gasteiger charge is -2.41. The van der Waals surface area contributed by atoms with Crippen LogP contribution < -0.4 is 15.5 Å². The van der Waals surface area contributed by atoms with Crippen LogP contribution in [0.5, 0.6) is 5.75 Å². The van der Waals surface area contributed by atoms with E-state index in [1.807, 2.05) is 37.3 Å². The first-order valence-electron chi connectivity index (χ1n) is 13.5. The topological polar surface area (TPSA) is 101 Å². The summed E-state index contributed by atoms with van der Waals surface area (Å²) < 4.78 is 22.3. The standard InChI is InChI=1S/C30H28ClFN4O5/c1-16-14-34(17(2)37)29-22-12-11-21-23(28(39)33-13-19-9-6-10-20(31)24(19)32)26(38)27(25(36(21)22)30(40)35(16)29)41-15-18-7-4-3-5-8-18/h3-10,16,22,29H,11-15H2,1-2H3,(H,33,39)/t16-,22?,29?/m0/s1. The van der Waals surface area contributed by atoms with Crippen LogP contribution in [-0.2, 0) is 24.4 Å². The predicted octanol–water partition coefficient (Wildman–Crippen LogP) is 3.67. The van der Waals surface area contributed by atoms with E-state index >= 15 is 0 Å². The van der Waals surface area contributed by atoms with Gasteiger partial charge in [-0.2, -0.15) is 0 Å². The fourth-order valence-corrected chi connectivity index (χ4v) is 6.51. The molecule has 0 aliphatic carbocycles. The van der Waals surface area contributed by atoms with Gasteiger partial charge in [0, 0.05) is 37.3 Å². The van der Waals surface area contributed by atoms with E-state index in [4.69, 9.17) is 16.3 Å². The van der Waals surface area contributed by atoms with Crippen LogP contribution in [0.3, 0.4) is 0 Å². The number of hydrogen-bond donors (Lipinski definition) is 1. The monoisotopic (exact) mass is 578 g/mol. The summed E-state index contributed by atoms with van der Waals surface area (Å²) in [5.74, 6) is -2.14. The molecule has 3 aliphatic rings. The largest absolute Gasteiger partial charge is 0.483 e. The molecule has 0 saturated carbocycles. The molecule has 0 radical (unpaired) electrons. The Bertz CT molecular complexity index is 1640. The molecule has 6 rings (SSSR count). The molecule has 3 aliphatic heterocycles. The van der Waals surface area contributed by atoms with Crippen LogP contribution in [0.4, 0.5) is 4.39 Å². The Morgan fingerprint density at radius 1 is 1.12 bits per heavy atom. The van der Waals surface area contributed by atoms with Crippen molar-refractivity contribution in [2.75, 3.05) is 6.54 Å². The molecule has 11 heteroatoms. The highest BCUT2D eigenvalue weighted by molar-refractivity contribution is 6.30. The zero-order valence-electron chi connectivity index (χ0n) is 22.5. The number of benzene rings is 2. The van der Waals surface area contributed by atoms with Crippen molar-refractivity contribution < 1.29 is 23.5 Å². The van der Waals surface area contributed by atoms with Gasteiger partial charge in [0.15, 0.2) is 11.4 Å². The van der Waals surface area contributed by atoms with Crippen LogP contribution >= 0.6 is 11.6 Å². The zero-order chi connectivity index (χ0) is 29.0. The number of hydrogen-bond acceptors (Lipinski definition) is 5. The third-order valence-corrected chi connectivity index (χ3v) is 8.42. The van der Waals surface area contributed by atoms with Gasteiger partial charge in [-0.25, -0.2) is 4.39 Å². The highest BCUT2D eigenvalue weighted by Gasteiger charge is 2.54. The second-order valence-corrected chi connectivity index (χ2v) is 11.0. The lowest BCUT2D eigenvalue weighted by molar-refractivity contribution is -0.132. The van der Waals surface area contributed by atoms with Crippen LogP contribution in [0.15, 0.2) is 53.3 Å². The van der Waals surface area contributed by atoms with Gasteiger partial charge < -0.3 is 24.4 Å². The number of carbonyl (C=O) groups excluding carboxylic acids is 3. The van der Waals surface area contributed by atoms with Crippen molar-refractivity contribution in [1.82, 2.24) is 19.7 Å². The number of ether oxygens (including phenoxy) is 1. The number of halogens is 2. The molecule has 41 heavy (non-hydrogen) atoms. The molecule has 2 unspecified atom stereocenters. The molecule has 1 saturated heterocycles. The molecule has 0 bridgehead atoms. The third kappa shape index (κ3) is 4.37. The number of aromatic nitrogens is 1. The van der Waals surface area contributed by atoms with Gasteiger partial charge in [0.2, 0.25) is 11.3 Å². The van der Waals surface area contributed by atoms with Crippen LogP contribution in [0.25, 0.3) is 0 Å². The maximum atomic E-state index is 14.5. The van der Waals surface area contributed by atoms with E-state index in [9.17, 15) is 23.6 Å².